The third kappa shape index (κ3) is 5.06. The first-order valence-electron chi connectivity index (χ1n) is 11.7. The second kappa shape index (κ2) is 10.5. The monoisotopic (exact) mass is 470 g/mol. The average Bonchev–Trinajstić information content (AvgIpc) is 2.91. The summed E-state index contributed by atoms with van der Waals surface area (Å²) in [5.41, 5.74) is 3.95. The molecule has 8 nitrogen and oxygen atoms in total. The van der Waals surface area contributed by atoms with Crippen LogP contribution < -0.4 is 15.4 Å². The highest BCUT2D eigenvalue weighted by Crippen LogP contribution is 2.34. The van der Waals surface area contributed by atoms with Crippen LogP contribution in [-0.4, -0.2) is 46.0 Å². The maximum Gasteiger partial charge on any atom is 0.251 e. The Kier molecular flexibility index (Phi) is 7.19. The van der Waals surface area contributed by atoms with Crippen molar-refractivity contribution in [1.82, 2.24) is 25.3 Å². The minimum atomic E-state index is -0.250. The van der Waals surface area contributed by atoms with Crippen LogP contribution >= 0.6 is 0 Å². The van der Waals surface area contributed by atoms with Crippen LogP contribution in [0, 0.1) is 0 Å². The molecule has 8 heteroatoms. The molecule has 0 unspecified atom stereocenters. The Hall–Kier alpha value is -4.07. The Morgan fingerprint density at radius 2 is 1.91 bits per heavy atom. The van der Waals surface area contributed by atoms with Gasteiger partial charge in [-0.1, -0.05) is 32.0 Å². The molecule has 1 amide bonds. The number of fused-ring (bicyclic) bond motifs is 1. The number of nitrogens with one attached hydrogen (secondary N) is 2. The first-order chi connectivity index (χ1) is 17.0. The van der Waals surface area contributed by atoms with Gasteiger partial charge in [-0.25, -0.2) is 15.0 Å². The van der Waals surface area contributed by atoms with E-state index in [0.717, 1.165) is 40.0 Å². The Morgan fingerprint density at radius 1 is 1.06 bits per heavy atom. The lowest BCUT2D eigenvalue weighted by Crippen LogP contribution is -2.31. The number of amides is 1. The number of hydrogen-bond acceptors (Lipinski definition) is 7. The topological polar surface area (TPSA) is 102 Å². The largest absolute Gasteiger partial charge is 0.478 e. The van der Waals surface area contributed by atoms with Crippen molar-refractivity contribution in [2.45, 2.75) is 32.6 Å². The third-order valence-electron chi connectivity index (χ3n) is 6.32. The molecule has 0 aliphatic carbocycles. The van der Waals surface area contributed by atoms with E-state index in [1.54, 1.807) is 31.8 Å². The Labute approximate surface area is 205 Å². The van der Waals surface area contributed by atoms with E-state index in [1.165, 1.54) is 0 Å². The number of hydrogen-bond donors (Lipinski definition) is 2. The van der Waals surface area contributed by atoms with Crippen LogP contribution in [0.3, 0.4) is 0 Å². The zero-order valence-electron chi connectivity index (χ0n) is 20.5. The summed E-state index contributed by atoms with van der Waals surface area (Å²) in [6.45, 7) is 7.48. The van der Waals surface area contributed by atoms with Crippen LogP contribution in [0.15, 0.2) is 61.2 Å². The van der Waals surface area contributed by atoms with E-state index in [9.17, 15) is 4.79 Å². The SMILES string of the molecule is CCOc1ccc(-c2cc(NC[C@@](C)(CC)c3cccc4c(C(=O)NC)ccnc34)ncn2)cn1. The highest BCUT2D eigenvalue weighted by atomic mass is 16.5. The fourth-order valence-electron chi connectivity index (χ4n) is 4.07. The minimum absolute atomic E-state index is 0.122. The molecule has 1 atom stereocenters. The van der Waals surface area contributed by atoms with Crippen LogP contribution in [0.1, 0.15) is 43.1 Å². The third-order valence-corrected chi connectivity index (χ3v) is 6.32. The number of benzene rings is 1. The molecule has 0 saturated heterocycles. The number of aromatic nitrogens is 4. The van der Waals surface area contributed by atoms with Gasteiger partial charge < -0.3 is 15.4 Å². The second-order valence-corrected chi connectivity index (χ2v) is 8.51. The van der Waals surface area contributed by atoms with Crippen molar-refractivity contribution >= 4 is 22.6 Å². The number of anilines is 1. The maximum absolute atomic E-state index is 12.4. The van der Waals surface area contributed by atoms with Crippen molar-refractivity contribution in [3.8, 4) is 17.1 Å². The Balaban J connectivity index is 1.60. The fraction of sp³-hybridized carbons (Fsp3) is 0.296. The van der Waals surface area contributed by atoms with Crippen LogP contribution in [0.2, 0.25) is 0 Å². The number of nitrogens with zero attached hydrogens (tertiary/aromatic N) is 4. The molecule has 0 bridgehead atoms. The molecule has 180 valence electrons. The van der Waals surface area contributed by atoms with E-state index >= 15 is 0 Å². The van der Waals surface area contributed by atoms with Crippen LogP contribution in [0.4, 0.5) is 5.82 Å². The molecule has 0 aliphatic heterocycles. The van der Waals surface area contributed by atoms with Crippen molar-refractivity contribution < 1.29 is 9.53 Å². The van der Waals surface area contributed by atoms with Crippen LogP contribution in [-0.2, 0) is 5.41 Å². The molecule has 3 aromatic heterocycles. The molecular formula is C27H30N6O2. The quantitative estimate of drug-likeness (QED) is 0.368. The van der Waals surface area contributed by atoms with Gasteiger partial charge in [0.15, 0.2) is 0 Å². The number of ether oxygens (including phenoxy) is 1. The lowest BCUT2D eigenvalue weighted by Gasteiger charge is -2.30. The molecule has 0 radical (unpaired) electrons. The molecule has 0 saturated carbocycles. The standard InChI is InChI=1S/C27H30N6O2/c1-5-27(3,21-9-7-8-19-20(26(34)28-4)12-13-29-25(19)21)16-31-23-14-22(32-17-33-23)18-10-11-24(30-15-18)35-6-2/h7-15,17H,5-6,16H2,1-4H3,(H,28,34)(H,31,32,33)/t27-/m1/s1. The van der Waals surface area contributed by atoms with Gasteiger partial charge in [-0.15, -0.1) is 0 Å². The van der Waals surface area contributed by atoms with Gasteiger partial charge in [0, 0.05) is 54.5 Å². The lowest BCUT2D eigenvalue weighted by atomic mass is 9.78. The van der Waals surface area contributed by atoms with E-state index in [-0.39, 0.29) is 11.3 Å². The van der Waals surface area contributed by atoms with E-state index in [0.29, 0.717) is 24.6 Å². The molecule has 3 heterocycles. The summed E-state index contributed by atoms with van der Waals surface area (Å²) in [6, 6.07) is 13.5. The van der Waals surface area contributed by atoms with E-state index < -0.39 is 0 Å². The lowest BCUT2D eigenvalue weighted by molar-refractivity contribution is 0.0964. The fourth-order valence-corrected chi connectivity index (χ4v) is 4.07. The number of carbonyl (C=O) groups is 1. The molecule has 4 aromatic rings. The predicted octanol–water partition coefficient (Wildman–Crippen LogP) is 4.62. The summed E-state index contributed by atoms with van der Waals surface area (Å²) in [5, 5.41) is 7.05. The van der Waals surface area contributed by atoms with Crippen LogP contribution in [0.25, 0.3) is 22.2 Å². The zero-order valence-corrected chi connectivity index (χ0v) is 20.5. The van der Waals surface area contributed by atoms with E-state index in [4.69, 9.17) is 4.74 Å². The minimum Gasteiger partial charge on any atom is -0.478 e. The van der Waals surface area contributed by atoms with Gasteiger partial charge in [-0.2, -0.15) is 0 Å². The summed E-state index contributed by atoms with van der Waals surface area (Å²) in [7, 11) is 1.64. The van der Waals surface area contributed by atoms with Gasteiger partial charge in [0.1, 0.15) is 12.1 Å². The summed E-state index contributed by atoms with van der Waals surface area (Å²) >= 11 is 0. The average molecular weight is 471 g/mol. The number of pyridine rings is 2. The van der Waals surface area contributed by atoms with Gasteiger partial charge >= 0.3 is 0 Å². The molecule has 2 N–H and O–H groups in total. The number of carbonyl (C=O) groups excluding carboxylic acids is 1. The van der Waals surface area contributed by atoms with Gasteiger partial charge in [-0.05, 0) is 31.0 Å². The van der Waals surface area contributed by atoms with Crippen molar-refractivity contribution in [2.24, 2.45) is 0 Å². The highest BCUT2D eigenvalue weighted by Gasteiger charge is 2.28. The van der Waals surface area contributed by atoms with E-state index in [2.05, 4.69) is 50.5 Å². The molecule has 0 aliphatic rings. The van der Waals surface area contributed by atoms with Crippen molar-refractivity contribution in [2.75, 3.05) is 25.5 Å². The predicted molar refractivity (Wildman–Crippen MR) is 138 cm³/mol. The van der Waals surface area contributed by atoms with Crippen molar-refractivity contribution in [1.29, 1.82) is 0 Å². The Morgan fingerprint density at radius 3 is 2.63 bits per heavy atom. The van der Waals surface area contributed by atoms with Gasteiger partial charge in [0.05, 0.1) is 23.4 Å². The van der Waals surface area contributed by atoms with Crippen LogP contribution in [0.5, 0.6) is 5.88 Å². The normalized spacial score (nSPS) is 12.7. The summed E-state index contributed by atoms with van der Waals surface area (Å²) in [5.74, 6) is 1.19. The zero-order chi connectivity index (χ0) is 24.8. The molecular weight excluding hydrogens is 440 g/mol. The summed E-state index contributed by atoms with van der Waals surface area (Å²) in [6.07, 6.45) is 5.86. The maximum atomic E-state index is 12.4. The number of rotatable bonds is 9. The first kappa shape index (κ1) is 24.1. The Bertz CT molecular complexity index is 1330. The molecule has 0 spiro atoms. The molecule has 0 fully saturated rings. The van der Waals surface area contributed by atoms with E-state index in [1.807, 2.05) is 37.3 Å². The summed E-state index contributed by atoms with van der Waals surface area (Å²) < 4.78 is 5.42. The highest BCUT2D eigenvalue weighted by molar-refractivity contribution is 6.06. The van der Waals surface area contributed by atoms with Gasteiger partial charge in [-0.3, -0.25) is 9.78 Å². The van der Waals surface area contributed by atoms with Crippen molar-refractivity contribution in [3.05, 3.63) is 72.3 Å². The van der Waals surface area contributed by atoms with Gasteiger partial charge in [0.25, 0.3) is 5.91 Å². The second-order valence-electron chi connectivity index (χ2n) is 8.51. The number of para-hydroxylation sites is 1. The molecule has 35 heavy (non-hydrogen) atoms. The molecule has 1 aromatic carbocycles. The molecule has 4 rings (SSSR count). The van der Waals surface area contributed by atoms with Crippen molar-refractivity contribution in [3.63, 3.8) is 0 Å². The first-order valence-corrected chi connectivity index (χ1v) is 11.7. The van der Waals surface area contributed by atoms with Gasteiger partial charge in [0.2, 0.25) is 5.88 Å². The summed E-state index contributed by atoms with van der Waals surface area (Å²) in [4.78, 5) is 30.2. The smallest absolute Gasteiger partial charge is 0.251 e.